The zero-order valence-electron chi connectivity index (χ0n) is 8.97. The number of hydrogen-bond acceptors (Lipinski definition) is 3. The second kappa shape index (κ2) is 7.80. The van der Waals surface area contributed by atoms with E-state index < -0.39 is 17.3 Å². The average Bonchev–Trinajstić information content (AvgIpc) is 2.12. The van der Waals surface area contributed by atoms with Crippen LogP contribution in [-0.2, 0) is 27.3 Å². The Labute approximate surface area is 85.4 Å². The Kier molecular flexibility index (Phi) is 8.06. The fourth-order valence-electron chi connectivity index (χ4n) is 1.01. The van der Waals surface area contributed by atoms with Crippen molar-refractivity contribution in [1.82, 2.24) is 0 Å². The van der Waals surface area contributed by atoms with Gasteiger partial charge in [0, 0.05) is 0 Å². The van der Waals surface area contributed by atoms with Crippen LogP contribution in [0.5, 0.6) is 0 Å². The quantitative estimate of drug-likeness (QED) is 0.595. The van der Waals surface area contributed by atoms with Gasteiger partial charge in [-0.25, -0.2) is 0 Å². The molecule has 0 aromatic heterocycles. The fourth-order valence-corrected chi connectivity index (χ4v) is 4.15. The van der Waals surface area contributed by atoms with Crippen LogP contribution in [0.2, 0.25) is 4.73 Å². The van der Waals surface area contributed by atoms with E-state index in [0.717, 1.165) is 19.3 Å². The molecule has 0 fully saturated rings. The first-order valence-electron chi connectivity index (χ1n) is 5.16. The molecular weight excluding hydrogens is 204 g/mol. The van der Waals surface area contributed by atoms with E-state index in [-0.39, 0.29) is 0 Å². The van der Waals surface area contributed by atoms with E-state index in [0.29, 0.717) is 17.9 Å². The van der Waals surface area contributed by atoms with Crippen molar-refractivity contribution in [3.8, 4) is 0 Å². The Balaban J connectivity index is 3.92. The monoisotopic (exact) mass is 225 g/mol. The summed E-state index contributed by atoms with van der Waals surface area (Å²) >= 11 is -3.55. The molecule has 0 saturated carbocycles. The Hall–Kier alpha value is 0.434. The SMILES string of the molecule is CCC[O][Ti](=[O])([CH2]CC)[O]CCC. The molecule has 0 aliphatic heterocycles. The van der Waals surface area contributed by atoms with Gasteiger partial charge in [-0.1, -0.05) is 0 Å². The summed E-state index contributed by atoms with van der Waals surface area (Å²) in [5.74, 6) is 0. The van der Waals surface area contributed by atoms with Crippen molar-refractivity contribution in [3.63, 3.8) is 0 Å². The van der Waals surface area contributed by atoms with Crippen molar-refractivity contribution < 1.29 is 27.3 Å². The van der Waals surface area contributed by atoms with E-state index in [1.807, 2.05) is 20.8 Å². The molecule has 0 aliphatic rings. The molecule has 0 radical (unpaired) electrons. The molecule has 4 heteroatoms. The molecule has 79 valence electrons. The number of rotatable bonds is 8. The number of hydrogen-bond donors (Lipinski definition) is 0. The first-order valence-corrected chi connectivity index (χ1v) is 8.18. The van der Waals surface area contributed by atoms with Crippen LogP contribution in [0.4, 0.5) is 0 Å². The summed E-state index contributed by atoms with van der Waals surface area (Å²) in [6.45, 7) is 7.14. The summed E-state index contributed by atoms with van der Waals surface area (Å²) in [5.41, 5.74) is 0. The Morgan fingerprint density at radius 2 is 1.38 bits per heavy atom. The van der Waals surface area contributed by atoms with Crippen LogP contribution in [0, 0.1) is 0 Å². The van der Waals surface area contributed by atoms with Gasteiger partial charge < -0.3 is 0 Å². The van der Waals surface area contributed by atoms with Crippen molar-refractivity contribution in [2.45, 2.75) is 44.8 Å². The Morgan fingerprint density at radius 1 is 0.923 bits per heavy atom. The Morgan fingerprint density at radius 3 is 1.69 bits per heavy atom. The maximum atomic E-state index is 12.0. The molecule has 0 aromatic rings. The maximum absolute atomic E-state index is 12.0. The van der Waals surface area contributed by atoms with Gasteiger partial charge in [-0.15, -0.1) is 0 Å². The molecule has 0 spiro atoms. The van der Waals surface area contributed by atoms with Crippen LogP contribution in [0.15, 0.2) is 0 Å². The molecule has 0 aliphatic carbocycles. The van der Waals surface area contributed by atoms with Crippen LogP contribution >= 0.6 is 0 Å². The minimum absolute atomic E-state index is 0.563. The van der Waals surface area contributed by atoms with Crippen molar-refractivity contribution in [1.29, 1.82) is 0 Å². The molecule has 0 rings (SSSR count). The third-order valence-electron chi connectivity index (χ3n) is 1.61. The first kappa shape index (κ1) is 13.4. The van der Waals surface area contributed by atoms with Gasteiger partial charge in [-0.05, 0) is 0 Å². The summed E-state index contributed by atoms with van der Waals surface area (Å²) in [7, 11) is 0. The van der Waals surface area contributed by atoms with E-state index in [2.05, 4.69) is 0 Å². The van der Waals surface area contributed by atoms with E-state index in [1.54, 1.807) is 0 Å². The third kappa shape index (κ3) is 6.50. The average molecular weight is 225 g/mol. The third-order valence-corrected chi connectivity index (χ3v) is 5.36. The summed E-state index contributed by atoms with van der Waals surface area (Å²) in [6, 6.07) is 0. The van der Waals surface area contributed by atoms with Gasteiger partial charge in [0.1, 0.15) is 0 Å². The molecule has 0 unspecified atom stereocenters. The topological polar surface area (TPSA) is 35.5 Å². The Bertz CT molecular complexity index is 147. The summed E-state index contributed by atoms with van der Waals surface area (Å²) in [5, 5.41) is 0. The van der Waals surface area contributed by atoms with Crippen molar-refractivity contribution in [3.05, 3.63) is 0 Å². The molecule has 13 heavy (non-hydrogen) atoms. The zero-order valence-corrected chi connectivity index (χ0v) is 10.5. The standard InChI is InChI=1S/2C3H7O.C3H7.O.Ti/c2*1-2-3-4;1-3-2;;/h2*2-3H2,1H3;1,3H2,2H3;;/q2*-1;;;+2. The summed E-state index contributed by atoms with van der Waals surface area (Å²) in [4.78, 5) is 0. The molecule has 0 heterocycles. The van der Waals surface area contributed by atoms with Gasteiger partial charge in [-0.3, -0.25) is 0 Å². The minimum atomic E-state index is -3.55. The summed E-state index contributed by atoms with van der Waals surface area (Å²) < 4.78 is 23.2. The normalized spacial score (nSPS) is 11.9. The molecule has 3 nitrogen and oxygen atoms in total. The fraction of sp³-hybridized carbons (Fsp3) is 1.00. The molecule has 0 N–H and O–H groups in total. The van der Waals surface area contributed by atoms with Crippen LogP contribution in [0.25, 0.3) is 0 Å². The van der Waals surface area contributed by atoms with Gasteiger partial charge in [-0.2, -0.15) is 0 Å². The van der Waals surface area contributed by atoms with Gasteiger partial charge in [0.2, 0.25) is 0 Å². The van der Waals surface area contributed by atoms with Crippen LogP contribution in [0.1, 0.15) is 40.0 Å². The molecule has 0 atom stereocenters. The van der Waals surface area contributed by atoms with E-state index in [1.165, 1.54) is 0 Å². The van der Waals surface area contributed by atoms with Gasteiger partial charge in [0.05, 0.1) is 0 Å². The predicted molar refractivity (Wildman–Crippen MR) is 48.3 cm³/mol. The van der Waals surface area contributed by atoms with Gasteiger partial charge in [0.25, 0.3) is 0 Å². The molecule has 0 saturated heterocycles. The molecule has 0 aromatic carbocycles. The summed E-state index contributed by atoms with van der Waals surface area (Å²) in [6.07, 6.45) is 2.67. The first-order chi connectivity index (χ1) is 6.18. The predicted octanol–water partition coefficient (Wildman–Crippen LogP) is 3.00. The zero-order chi connectivity index (χ0) is 10.2. The van der Waals surface area contributed by atoms with Crippen LogP contribution < -0.4 is 0 Å². The molecule has 0 amide bonds. The van der Waals surface area contributed by atoms with Crippen LogP contribution in [0.3, 0.4) is 0 Å². The second-order valence-electron chi connectivity index (χ2n) is 3.13. The van der Waals surface area contributed by atoms with Crippen molar-refractivity contribution in [2.75, 3.05) is 13.2 Å². The van der Waals surface area contributed by atoms with Gasteiger partial charge >= 0.3 is 85.3 Å². The van der Waals surface area contributed by atoms with E-state index in [4.69, 9.17) is 6.64 Å². The molecule has 0 bridgehead atoms. The second-order valence-corrected chi connectivity index (χ2v) is 6.95. The van der Waals surface area contributed by atoms with Crippen LogP contribution in [-0.4, -0.2) is 13.2 Å². The van der Waals surface area contributed by atoms with Gasteiger partial charge in [0.15, 0.2) is 0 Å². The molecular formula is C9H21O3Ti. The van der Waals surface area contributed by atoms with E-state index >= 15 is 0 Å². The van der Waals surface area contributed by atoms with Crippen molar-refractivity contribution in [2.24, 2.45) is 0 Å². The van der Waals surface area contributed by atoms with Crippen molar-refractivity contribution >= 4 is 0 Å². The van der Waals surface area contributed by atoms with E-state index in [9.17, 15) is 3.32 Å².